The molecule has 0 amide bonds. The van der Waals surface area contributed by atoms with Crippen molar-refractivity contribution in [2.24, 2.45) is 0 Å². The summed E-state index contributed by atoms with van der Waals surface area (Å²) in [7, 11) is -3.42. The summed E-state index contributed by atoms with van der Waals surface area (Å²) in [4.78, 5) is 1.32. The minimum Gasteiger partial charge on any atom is -0.207 e. The summed E-state index contributed by atoms with van der Waals surface area (Å²) in [6.45, 7) is 6.40. The zero-order chi connectivity index (χ0) is 14.5. The Morgan fingerprint density at radius 3 is 2.32 bits per heavy atom. The second-order valence-corrected chi connectivity index (χ2v) is 7.21. The van der Waals surface area contributed by atoms with E-state index in [-0.39, 0.29) is 0 Å². The fourth-order valence-electron chi connectivity index (χ4n) is 1.57. The molecule has 0 saturated heterocycles. The van der Waals surface area contributed by atoms with Gasteiger partial charge in [-0.2, -0.15) is 0 Å². The van der Waals surface area contributed by atoms with E-state index >= 15 is 0 Å². The minimum absolute atomic E-state index is 0.313. The first-order chi connectivity index (χ1) is 8.90. The Labute approximate surface area is 120 Å². The van der Waals surface area contributed by atoms with Crippen molar-refractivity contribution in [3.8, 4) is 0 Å². The molecule has 19 heavy (non-hydrogen) atoms. The molecule has 0 saturated carbocycles. The highest BCUT2D eigenvalue weighted by Crippen LogP contribution is 2.18. The van der Waals surface area contributed by atoms with E-state index in [2.05, 4.69) is 18.6 Å². The predicted molar refractivity (Wildman–Crippen MR) is 83.0 cm³/mol. The van der Waals surface area contributed by atoms with Crippen LogP contribution in [0.4, 0.5) is 0 Å². The molecular weight excluding hydrogens is 278 g/mol. The smallest absolute Gasteiger partial charge is 0.207 e. The number of thioether (sulfide) groups is 1. The lowest BCUT2D eigenvalue weighted by Crippen LogP contribution is -2.25. The van der Waals surface area contributed by atoms with E-state index in [4.69, 9.17) is 0 Å². The van der Waals surface area contributed by atoms with Crippen LogP contribution in [0, 0.1) is 0 Å². The van der Waals surface area contributed by atoms with Gasteiger partial charge in [-0.3, -0.25) is 0 Å². The van der Waals surface area contributed by atoms with Gasteiger partial charge in [0, 0.05) is 6.54 Å². The van der Waals surface area contributed by atoms with Crippen LogP contribution in [0.15, 0.2) is 40.1 Å². The van der Waals surface area contributed by atoms with Crippen LogP contribution in [-0.2, 0) is 10.0 Å². The van der Waals surface area contributed by atoms with E-state index in [1.807, 2.05) is 31.4 Å². The third kappa shape index (κ3) is 4.67. The molecule has 0 atom stereocenters. The van der Waals surface area contributed by atoms with Gasteiger partial charge < -0.3 is 0 Å². The zero-order valence-corrected chi connectivity index (χ0v) is 13.4. The van der Waals surface area contributed by atoms with Crippen molar-refractivity contribution >= 4 is 21.8 Å². The Morgan fingerprint density at radius 2 is 1.89 bits per heavy atom. The number of benzene rings is 1. The number of sulfonamides is 1. The Kier molecular flexibility index (Phi) is 6.10. The average Bonchev–Trinajstić information content (AvgIpc) is 2.40. The molecule has 1 aromatic carbocycles. The van der Waals surface area contributed by atoms with Crippen molar-refractivity contribution in [3.05, 3.63) is 40.8 Å². The summed E-state index contributed by atoms with van der Waals surface area (Å²) in [6, 6.07) is 7.05. The SMILES string of the molecule is C/C=C(/CNS(=O)(=O)c1ccc(C(C)C)cc1)SC. The molecule has 5 heteroatoms. The molecule has 3 nitrogen and oxygen atoms in total. The molecule has 106 valence electrons. The maximum absolute atomic E-state index is 12.1. The lowest BCUT2D eigenvalue weighted by Gasteiger charge is -2.10. The summed E-state index contributed by atoms with van der Waals surface area (Å²) in [5, 5.41) is 0. The van der Waals surface area contributed by atoms with Crippen LogP contribution in [0.1, 0.15) is 32.3 Å². The van der Waals surface area contributed by atoms with Gasteiger partial charge in [-0.25, -0.2) is 13.1 Å². The van der Waals surface area contributed by atoms with Crippen molar-refractivity contribution < 1.29 is 8.42 Å². The summed E-state index contributed by atoms with van der Waals surface area (Å²) >= 11 is 1.55. The van der Waals surface area contributed by atoms with Crippen LogP contribution < -0.4 is 4.72 Å². The Hall–Kier alpha value is -0.780. The van der Waals surface area contributed by atoms with Crippen LogP contribution in [0.5, 0.6) is 0 Å². The van der Waals surface area contributed by atoms with Crippen LogP contribution >= 0.6 is 11.8 Å². The fourth-order valence-corrected chi connectivity index (χ4v) is 3.12. The molecule has 0 heterocycles. The van der Waals surface area contributed by atoms with E-state index in [0.29, 0.717) is 17.4 Å². The van der Waals surface area contributed by atoms with E-state index in [0.717, 1.165) is 10.5 Å². The number of rotatable bonds is 6. The van der Waals surface area contributed by atoms with Gasteiger partial charge in [0.15, 0.2) is 0 Å². The third-order valence-corrected chi connectivity index (χ3v) is 5.20. The topological polar surface area (TPSA) is 46.2 Å². The molecule has 1 aromatic rings. The molecule has 0 bridgehead atoms. The van der Waals surface area contributed by atoms with Crippen molar-refractivity contribution in [3.63, 3.8) is 0 Å². The first-order valence-corrected chi connectivity index (χ1v) is 8.90. The maximum atomic E-state index is 12.1. The van der Waals surface area contributed by atoms with Gasteiger partial charge in [0.1, 0.15) is 0 Å². The molecule has 1 N–H and O–H groups in total. The number of hydrogen-bond acceptors (Lipinski definition) is 3. The Bertz CT molecular complexity index is 531. The molecule has 0 aliphatic rings. The maximum Gasteiger partial charge on any atom is 0.240 e. The molecular formula is C14H21NO2S2. The summed E-state index contributed by atoms with van der Waals surface area (Å²) in [6.07, 6.45) is 3.84. The van der Waals surface area contributed by atoms with Crippen molar-refractivity contribution in [2.45, 2.75) is 31.6 Å². The van der Waals surface area contributed by atoms with Crippen LogP contribution in [-0.4, -0.2) is 21.2 Å². The largest absolute Gasteiger partial charge is 0.240 e. The second-order valence-electron chi connectivity index (χ2n) is 4.51. The standard InChI is InChI=1S/C14H21NO2S2/c1-5-13(18-4)10-15-19(16,17)14-8-6-12(7-9-14)11(2)3/h5-9,11,15H,10H2,1-4H3/b13-5-. The first-order valence-electron chi connectivity index (χ1n) is 6.19. The van der Waals surface area contributed by atoms with E-state index < -0.39 is 10.0 Å². The van der Waals surface area contributed by atoms with E-state index in [1.165, 1.54) is 0 Å². The highest BCUT2D eigenvalue weighted by Gasteiger charge is 2.14. The highest BCUT2D eigenvalue weighted by molar-refractivity contribution is 8.02. The fraction of sp³-hybridized carbons (Fsp3) is 0.429. The van der Waals surface area contributed by atoms with Gasteiger partial charge in [-0.05, 0) is 41.7 Å². The molecule has 0 aliphatic carbocycles. The number of hydrogen-bond donors (Lipinski definition) is 1. The molecule has 0 aliphatic heterocycles. The lowest BCUT2D eigenvalue weighted by atomic mass is 10.0. The monoisotopic (exact) mass is 299 g/mol. The number of allylic oxidation sites excluding steroid dienone is 1. The summed E-state index contributed by atoms with van der Waals surface area (Å²) < 4.78 is 26.8. The van der Waals surface area contributed by atoms with Crippen molar-refractivity contribution in [1.82, 2.24) is 4.72 Å². The number of nitrogens with one attached hydrogen (secondary N) is 1. The van der Waals surface area contributed by atoms with Gasteiger partial charge in [0.25, 0.3) is 0 Å². The summed E-state index contributed by atoms with van der Waals surface area (Å²) in [5.41, 5.74) is 1.14. The average molecular weight is 299 g/mol. The third-order valence-electron chi connectivity index (χ3n) is 2.88. The quantitative estimate of drug-likeness (QED) is 0.876. The van der Waals surface area contributed by atoms with Gasteiger partial charge in [-0.15, -0.1) is 11.8 Å². The molecule has 0 aromatic heterocycles. The van der Waals surface area contributed by atoms with Crippen LogP contribution in [0.3, 0.4) is 0 Å². The first kappa shape index (κ1) is 16.3. The molecule has 0 spiro atoms. The molecule has 1 rings (SSSR count). The van der Waals surface area contributed by atoms with Gasteiger partial charge in [0.2, 0.25) is 10.0 Å². The van der Waals surface area contributed by atoms with E-state index in [9.17, 15) is 8.42 Å². The van der Waals surface area contributed by atoms with Gasteiger partial charge in [-0.1, -0.05) is 32.1 Å². The minimum atomic E-state index is -3.42. The van der Waals surface area contributed by atoms with Gasteiger partial charge >= 0.3 is 0 Å². The molecule has 0 fully saturated rings. The summed E-state index contributed by atoms with van der Waals surface area (Å²) in [5.74, 6) is 0.399. The van der Waals surface area contributed by atoms with E-state index in [1.54, 1.807) is 23.9 Å². The van der Waals surface area contributed by atoms with Gasteiger partial charge in [0.05, 0.1) is 4.90 Å². The Morgan fingerprint density at radius 1 is 1.32 bits per heavy atom. The van der Waals surface area contributed by atoms with Crippen molar-refractivity contribution in [2.75, 3.05) is 12.8 Å². The highest BCUT2D eigenvalue weighted by atomic mass is 32.2. The predicted octanol–water partition coefficient (Wildman–Crippen LogP) is 3.36. The zero-order valence-electron chi connectivity index (χ0n) is 11.8. The van der Waals surface area contributed by atoms with Crippen LogP contribution in [0.2, 0.25) is 0 Å². The van der Waals surface area contributed by atoms with Crippen LogP contribution in [0.25, 0.3) is 0 Å². The van der Waals surface area contributed by atoms with Crippen molar-refractivity contribution in [1.29, 1.82) is 0 Å². The Balaban J connectivity index is 2.83. The molecule has 0 radical (unpaired) electrons. The molecule has 0 unspecified atom stereocenters. The lowest BCUT2D eigenvalue weighted by molar-refractivity contribution is 0.585. The normalized spacial score (nSPS) is 13.0. The second kappa shape index (κ2) is 7.12.